The number of cyclic esters (lactones) is 1. The summed E-state index contributed by atoms with van der Waals surface area (Å²) in [5, 5.41) is 28.3. The Morgan fingerprint density at radius 2 is 1.82 bits per heavy atom. The van der Waals surface area contributed by atoms with Gasteiger partial charge in [-0.3, -0.25) is 38.9 Å². The van der Waals surface area contributed by atoms with Crippen LogP contribution in [0, 0.1) is 23.2 Å². The van der Waals surface area contributed by atoms with Crippen LogP contribution in [0.1, 0.15) is 83.7 Å². The van der Waals surface area contributed by atoms with E-state index in [1.165, 1.54) is 21.9 Å². The Labute approximate surface area is 416 Å². The summed E-state index contributed by atoms with van der Waals surface area (Å²) in [5.74, 6) is 1.88. The number of carbonyl (C=O) groups excluding carboxylic acids is 5. The van der Waals surface area contributed by atoms with Gasteiger partial charge < -0.3 is 39.4 Å². The van der Waals surface area contributed by atoms with E-state index in [-0.39, 0.29) is 50.9 Å². The van der Waals surface area contributed by atoms with Gasteiger partial charge in [0, 0.05) is 74.7 Å². The highest BCUT2D eigenvalue weighted by atomic mass is 16.5. The van der Waals surface area contributed by atoms with Crippen LogP contribution >= 0.6 is 0 Å². The van der Waals surface area contributed by atoms with E-state index in [2.05, 4.69) is 66.1 Å². The number of hydrogen-bond acceptors (Lipinski definition) is 12. The van der Waals surface area contributed by atoms with Crippen LogP contribution in [0.25, 0.3) is 33.3 Å². The van der Waals surface area contributed by atoms with Gasteiger partial charge in [-0.25, -0.2) is 5.43 Å². The molecule has 4 aromatic rings. The number of carbonyl (C=O) groups is 5. The molecule has 17 nitrogen and oxygen atoms in total. The molecular formula is C54H70N8O9. The van der Waals surface area contributed by atoms with Gasteiger partial charge in [0.1, 0.15) is 23.9 Å². The molecule has 71 heavy (non-hydrogen) atoms. The number of aryl methyl sites for hydroxylation is 1. The largest absolute Gasteiger partial charge is 0.508 e. The highest BCUT2D eigenvalue weighted by Gasteiger charge is 2.48. The standard InChI is InChI=1S/C54H70N8O9/c1-11-61-44-19-18-36-29-40(44)41(48(61)39-15-12-21-55-46(39)34(4)70-10)30-53(5,6)32-71-51(67)42-16-13-23-62(57-42)50(66)43(27-35-25-37(36)28-38(63)26-35)56-49(65)47(33(2)3)59(9)52(68)54(69)20-24-60(31-54)45(64)17-14-22-58(7)8/h12,15,18-19,21,25-26,28-29,33-34,42-43,47,57,63,69H,11,13,16,20,22-24,27,30-32H2,1-10H3,(H,56,65)/t34-,42-,43-,47-,54?/m0/s1. The van der Waals surface area contributed by atoms with Crippen molar-refractivity contribution in [2.45, 2.75) is 110 Å². The van der Waals surface area contributed by atoms with Crippen molar-refractivity contribution < 1.29 is 43.7 Å². The molecule has 5 atom stereocenters. The number of aromatic nitrogens is 2. The predicted octanol–water partition coefficient (Wildman–Crippen LogP) is 4.46. The molecule has 2 aromatic carbocycles. The highest BCUT2D eigenvalue weighted by molar-refractivity contribution is 5.98. The van der Waals surface area contributed by atoms with Crippen molar-refractivity contribution >= 4 is 40.5 Å². The number of esters is 1. The fourth-order valence-corrected chi connectivity index (χ4v) is 10.2. The molecular weight excluding hydrogens is 905 g/mol. The van der Waals surface area contributed by atoms with Gasteiger partial charge in [0.05, 0.1) is 37.2 Å². The first-order valence-corrected chi connectivity index (χ1v) is 24.6. The molecule has 3 aliphatic rings. The number of phenols is 1. The summed E-state index contributed by atoms with van der Waals surface area (Å²) < 4.78 is 14.2. The number of hydrogen-bond donors (Lipinski definition) is 4. The van der Waals surface area contributed by atoms with Gasteiger partial charge in [0.2, 0.25) is 5.91 Å². The topological polar surface area (TPSA) is 199 Å². The number of β-amino-alcohol motifs (C(OH)–C–C–N with tert-alkyl or cyclic N) is 1. The zero-order valence-electron chi connectivity index (χ0n) is 42.8. The maximum Gasteiger partial charge on any atom is 0.324 e. The average molecular weight is 975 g/mol. The molecule has 380 valence electrons. The number of phenolic OH excluding ortho intramolecular Hbond substituents is 1. The zero-order valence-corrected chi connectivity index (χ0v) is 42.8. The number of aliphatic hydroxyl groups is 1. The fraction of sp³-hybridized carbons (Fsp3) is 0.519. The minimum absolute atomic E-state index is 0.0448. The van der Waals surface area contributed by atoms with Crippen molar-refractivity contribution in [3.05, 3.63) is 71.5 Å². The lowest BCUT2D eigenvalue weighted by atomic mass is 9.84. The van der Waals surface area contributed by atoms with Crippen LogP contribution in [0.15, 0.2) is 54.7 Å². The molecule has 4 N–H and O–H groups in total. The molecule has 0 saturated carbocycles. The molecule has 3 aliphatic heterocycles. The van der Waals surface area contributed by atoms with E-state index in [1.54, 1.807) is 39.3 Å². The highest BCUT2D eigenvalue weighted by Crippen LogP contribution is 2.42. The number of hydrazine groups is 1. The Balaban J connectivity index is 1.27. The van der Waals surface area contributed by atoms with E-state index in [0.717, 1.165) is 39.0 Å². The number of nitrogens with zero attached hydrogens (tertiary/aromatic N) is 6. The first-order chi connectivity index (χ1) is 33.6. The lowest BCUT2D eigenvalue weighted by Gasteiger charge is -2.37. The van der Waals surface area contributed by atoms with E-state index in [1.807, 2.05) is 44.1 Å². The van der Waals surface area contributed by atoms with Crippen LogP contribution in [-0.2, 0) is 52.8 Å². The number of benzene rings is 2. The Morgan fingerprint density at radius 1 is 1.06 bits per heavy atom. The number of nitrogens with one attached hydrogen (secondary N) is 2. The van der Waals surface area contributed by atoms with E-state index >= 15 is 0 Å². The monoisotopic (exact) mass is 975 g/mol. The van der Waals surface area contributed by atoms with Crippen LogP contribution in [0.4, 0.5) is 0 Å². The van der Waals surface area contributed by atoms with Crippen molar-refractivity contribution in [1.82, 2.24) is 40.0 Å². The summed E-state index contributed by atoms with van der Waals surface area (Å²) in [5.41, 5.74) is 7.32. The lowest BCUT2D eigenvalue weighted by Crippen LogP contribution is -2.63. The van der Waals surface area contributed by atoms with Crippen LogP contribution in [0.5, 0.6) is 5.75 Å². The Kier molecular flexibility index (Phi) is 16.0. The van der Waals surface area contributed by atoms with Crippen molar-refractivity contribution in [3.63, 3.8) is 0 Å². The second kappa shape index (κ2) is 21.6. The van der Waals surface area contributed by atoms with Crippen LogP contribution in [-0.4, -0.2) is 154 Å². The second-order valence-corrected chi connectivity index (χ2v) is 20.7. The molecule has 0 spiro atoms. The summed E-state index contributed by atoms with van der Waals surface area (Å²) in [6, 6.07) is 12.0. The van der Waals surface area contributed by atoms with E-state index in [4.69, 9.17) is 14.5 Å². The van der Waals surface area contributed by atoms with Crippen LogP contribution in [0.3, 0.4) is 0 Å². The third-order valence-electron chi connectivity index (χ3n) is 13.8. The zero-order chi connectivity index (χ0) is 51.5. The molecule has 17 heteroatoms. The smallest absolute Gasteiger partial charge is 0.324 e. The minimum Gasteiger partial charge on any atom is -0.508 e. The SMILES string of the molecule is CCn1c(-c2cccnc2[C@H](C)OC)c2c3cc(ccc31)-c1cc(O)cc(c1)C[C@H](NC(=O)[C@H](C(C)C)N(C)C(=O)C1(O)CCN(C(=O)C#CCN(C)C)C1)C(=O)N1CCC[C@H](N1)C(=O)OCC(C)(C)C2. The summed E-state index contributed by atoms with van der Waals surface area (Å²) in [6.07, 6.45) is 2.74. The molecule has 1 unspecified atom stereocenters. The molecule has 7 rings (SSSR count). The summed E-state index contributed by atoms with van der Waals surface area (Å²) in [7, 11) is 6.74. The van der Waals surface area contributed by atoms with E-state index in [9.17, 15) is 34.2 Å². The molecule has 2 saturated heterocycles. The van der Waals surface area contributed by atoms with Crippen LogP contribution in [0.2, 0.25) is 0 Å². The summed E-state index contributed by atoms with van der Waals surface area (Å²) in [4.78, 5) is 79.6. The molecule has 0 radical (unpaired) electrons. The van der Waals surface area contributed by atoms with Gasteiger partial charge in [0.25, 0.3) is 17.7 Å². The van der Waals surface area contributed by atoms with Crippen LogP contribution < -0.4 is 10.7 Å². The average Bonchev–Trinajstić information content (AvgIpc) is 3.89. The molecule has 5 heterocycles. The number of ether oxygens (including phenoxy) is 2. The van der Waals surface area contributed by atoms with Gasteiger partial charge >= 0.3 is 5.97 Å². The maximum absolute atomic E-state index is 14.8. The number of amides is 4. The molecule has 4 amide bonds. The maximum atomic E-state index is 14.8. The van der Waals surface area contributed by atoms with E-state index < -0.39 is 64.7 Å². The number of aromatic hydroxyl groups is 1. The number of fused-ring (bicyclic) bond motifs is 6. The van der Waals surface area contributed by atoms with Crippen molar-refractivity contribution in [1.29, 1.82) is 0 Å². The molecule has 2 fully saturated rings. The Hall–Kier alpha value is -6.32. The van der Waals surface area contributed by atoms with Gasteiger partial charge in [-0.05, 0) is 118 Å². The first kappa shape index (κ1) is 52.5. The molecule has 6 bridgehead atoms. The molecule has 2 aromatic heterocycles. The Morgan fingerprint density at radius 3 is 2.52 bits per heavy atom. The Bertz CT molecular complexity index is 2740. The summed E-state index contributed by atoms with van der Waals surface area (Å²) >= 11 is 0. The third kappa shape index (κ3) is 11.4. The second-order valence-electron chi connectivity index (χ2n) is 20.7. The van der Waals surface area contributed by atoms with Crippen molar-refractivity contribution in [2.75, 3.05) is 61.0 Å². The van der Waals surface area contributed by atoms with Gasteiger partial charge in [-0.15, -0.1) is 0 Å². The fourth-order valence-electron chi connectivity index (χ4n) is 10.2. The van der Waals surface area contributed by atoms with Gasteiger partial charge in [-0.1, -0.05) is 45.7 Å². The number of rotatable bonds is 10. The summed E-state index contributed by atoms with van der Waals surface area (Å²) in [6.45, 7) is 12.8. The molecule has 0 aliphatic carbocycles. The number of likely N-dealkylation sites (tertiary alicyclic amines) is 1. The van der Waals surface area contributed by atoms with Crippen molar-refractivity contribution in [3.8, 4) is 40.0 Å². The lowest BCUT2D eigenvalue weighted by molar-refractivity contribution is -0.156. The van der Waals surface area contributed by atoms with Gasteiger partial charge in [-0.2, -0.15) is 0 Å². The predicted molar refractivity (Wildman–Crippen MR) is 269 cm³/mol. The number of pyridine rings is 1. The first-order valence-electron chi connectivity index (χ1n) is 24.6. The normalized spacial score (nSPS) is 21.3. The van der Waals surface area contributed by atoms with Crippen molar-refractivity contribution in [2.24, 2.45) is 11.3 Å². The van der Waals surface area contributed by atoms with Gasteiger partial charge in [0.15, 0.2) is 5.60 Å². The third-order valence-corrected chi connectivity index (χ3v) is 13.8. The van der Waals surface area contributed by atoms with E-state index in [0.29, 0.717) is 43.5 Å². The quantitative estimate of drug-likeness (QED) is 0.129. The number of likely N-dealkylation sites (N-methyl/N-ethyl adjacent to an activating group) is 1. The minimum atomic E-state index is -1.97. The number of methoxy groups -OCH3 is 1.